The number of ether oxygens (including phenoxy) is 1. The average Bonchev–Trinajstić information content (AvgIpc) is 2.73. The first-order valence-electron chi connectivity index (χ1n) is 8.37. The van der Waals surface area contributed by atoms with Crippen LogP contribution in [0.3, 0.4) is 0 Å². The van der Waals surface area contributed by atoms with E-state index in [1.54, 1.807) is 6.08 Å². The number of hydrogen-bond donors (Lipinski definition) is 1. The molecule has 0 unspecified atom stereocenters. The number of unbranched alkanes of at least 4 members (excludes halogenated alkanes) is 5. The number of amides is 1. The fourth-order valence-corrected chi connectivity index (χ4v) is 3.66. The molecule has 0 saturated carbocycles. The Kier molecular flexibility index (Phi) is 9.95. The molecule has 0 saturated heterocycles. The number of primary amides is 1. The number of nitrogens with two attached hydrogens (primary N) is 1. The zero-order valence-electron chi connectivity index (χ0n) is 13.5. The quantitative estimate of drug-likeness (QED) is 0.384. The number of ketones is 1. The lowest BCUT2D eigenvalue weighted by molar-refractivity contribution is -0.121. The van der Waals surface area contributed by atoms with Gasteiger partial charge in [0.05, 0.1) is 12.0 Å². The van der Waals surface area contributed by atoms with Crippen LogP contribution in [0.1, 0.15) is 64.7 Å². The second-order valence-electron chi connectivity index (χ2n) is 5.96. The summed E-state index contributed by atoms with van der Waals surface area (Å²) >= 11 is 2.22. The fourth-order valence-electron chi connectivity index (χ4n) is 2.74. The maximum Gasteiger partial charge on any atom is 0.217 e. The summed E-state index contributed by atoms with van der Waals surface area (Å²) in [5.74, 6) is -0.0130. The van der Waals surface area contributed by atoms with Crippen molar-refractivity contribution >= 4 is 34.3 Å². The monoisotopic (exact) mass is 421 g/mol. The van der Waals surface area contributed by atoms with Crippen LogP contribution >= 0.6 is 22.6 Å². The van der Waals surface area contributed by atoms with Gasteiger partial charge in [-0.3, -0.25) is 9.59 Å². The second-order valence-corrected chi connectivity index (χ2v) is 7.20. The molecule has 0 fully saturated rings. The minimum Gasteiger partial charge on any atom is -0.372 e. The molecule has 1 rings (SSSR count). The zero-order valence-corrected chi connectivity index (χ0v) is 15.6. The highest BCUT2D eigenvalue weighted by Gasteiger charge is 2.35. The molecule has 126 valence electrons. The van der Waals surface area contributed by atoms with E-state index in [1.807, 2.05) is 0 Å². The Hall–Kier alpha value is -0.430. The van der Waals surface area contributed by atoms with Gasteiger partial charge < -0.3 is 10.5 Å². The predicted molar refractivity (Wildman–Crippen MR) is 96.8 cm³/mol. The Balaban J connectivity index is 2.27. The molecule has 2 N–H and O–H groups in total. The van der Waals surface area contributed by atoms with E-state index in [4.69, 9.17) is 10.5 Å². The largest absolute Gasteiger partial charge is 0.372 e. The van der Waals surface area contributed by atoms with Gasteiger partial charge >= 0.3 is 0 Å². The van der Waals surface area contributed by atoms with E-state index in [9.17, 15) is 9.59 Å². The van der Waals surface area contributed by atoms with E-state index in [0.29, 0.717) is 13.0 Å². The maximum absolute atomic E-state index is 12.1. The molecule has 0 aromatic rings. The third kappa shape index (κ3) is 7.22. The lowest BCUT2D eigenvalue weighted by atomic mass is 9.96. The van der Waals surface area contributed by atoms with E-state index in [1.165, 1.54) is 19.3 Å². The smallest absolute Gasteiger partial charge is 0.217 e. The Morgan fingerprint density at radius 2 is 1.95 bits per heavy atom. The van der Waals surface area contributed by atoms with Crippen molar-refractivity contribution < 1.29 is 14.3 Å². The van der Waals surface area contributed by atoms with Gasteiger partial charge in [-0.1, -0.05) is 39.0 Å². The molecule has 0 bridgehead atoms. The highest BCUT2D eigenvalue weighted by molar-refractivity contribution is 14.1. The van der Waals surface area contributed by atoms with Gasteiger partial charge in [0.25, 0.3) is 0 Å². The van der Waals surface area contributed by atoms with Crippen molar-refractivity contribution in [1.82, 2.24) is 0 Å². The van der Waals surface area contributed by atoms with E-state index in [0.717, 1.165) is 35.7 Å². The third-order valence-electron chi connectivity index (χ3n) is 4.02. The van der Waals surface area contributed by atoms with Crippen molar-refractivity contribution in [3.05, 3.63) is 9.66 Å². The van der Waals surface area contributed by atoms with Crippen molar-refractivity contribution in [2.45, 2.75) is 70.8 Å². The van der Waals surface area contributed by atoms with Crippen LogP contribution in [-0.2, 0) is 14.3 Å². The number of allylic oxidation sites excluding steroid dienone is 1. The molecule has 0 spiro atoms. The molecule has 1 aliphatic carbocycles. The third-order valence-corrected chi connectivity index (χ3v) is 4.94. The molecule has 2 atom stereocenters. The molecule has 0 aliphatic heterocycles. The first-order valence-corrected chi connectivity index (χ1v) is 9.45. The van der Waals surface area contributed by atoms with Crippen LogP contribution in [0.25, 0.3) is 0 Å². The first-order chi connectivity index (χ1) is 10.6. The van der Waals surface area contributed by atoms with Gasteiger partial charge in [0.1, 0.15) is 0 Å². The van der Waals surface area contributed by atoms with Gasteiger partial charge in [-0.05, 0) is 47.9 Å². The SMILES string of the molecule is CCCCCC[C@H]1C(=O)C=C(I)[C@@H]1OCCCCCC(N)=O. The van der Waals surface area contributed by atoms with Gasteiger partial charge in [-0.25, -0.2) is 0 Å². The summed E-state index contributed by atoms with van der Waals surface area (Å²) in [6.45, 7) is 2.83. The number of carbonyl (C=O) groups excluding carboxylic acids is 2. The summed E-state index contributed by atoms with van der Waals surface area (Å²) in [4.78, 5) is 22.7. The lowest BCUT2D eigenvalue weighted by Gasteiger charge is -2.20. The van der Waals surface area contributed by atoms with Crippen LogP contribution in [0.15, 0.2) is 9.66 Å². The van der Waals surface area contributed by atoms with Gasteiger partial charge in [-0.15, -0.1) is 0 Å². The highest BCUT2D eigenvalue weighted by atomic mass is 127. The minimum absolute atomic E-state index is 0.00868. The Labute approximate surface area is 147 Å². The van der Waals surface area contributed by atoms with Gasteiger partial charge in [0, 0.05) is 16.6 Å². The molecule has 5 heteroatoms. The average molecular weight is 421 g/mol. The summed E-state index contributed by atoms with van der Waals surface area (Å²) in [7, 11) is 0. The molecule has 22 heavy (non-hydrogen) atoms. The van der Waals surface area contributed by atoms with Crippen LogP contribution < -0.4 is 5.73 Å². The van der Waals surface area contributed by atoms with Crippen molar-refractivity contribution in [2.75, 3.05) is 6.61 Å². The van der Waals surface area contributed by atoms with E-state index in [2.05, 4.69) is 29.5 Å². The highest BCUT2D eigenvalue weighted by Crippen LogP contribution is 2.33. The second kappa shape index (κ2) is 11.2. The molecular formula is C17H28INO3. The molecule has 1 amide bonds. The molecule has 0 aromatic heterocycles. The lowest BCUT2D eigenvalue weighted by Crippen LogP contribution is -2.25. The summed E-state index contributed by atoms with van der Waals surface area (Å²) in [6.07, 6.45) is 10.4. The van der Waals surface area contributed by atoms with Gasteiger partial charge in [0.15, 0.2) is 5.78 Å². The molecule has 0 aromatic carbocycles. The number of hydrogen-bond acceptors (Lipinski definition) is 3. The first kappa shape index (κ1) is 19.6. The van der Waals surface area contributed by atoms with Crippen molar-refractivity contribution in [3.63, 3.8) is 0 Å². The normalized spacial score (nSPS) is 21.2. The van der Waals surface area contributed by atoms with E-state index < -0.39 is 0 Å². The van der Waals surface area contributed by atoms with Crippen LogP contribution in [0.4, 0.5) is 0 Å². The van der Waals surface area contributed by atoms with Crippen molar-refractivity contribution in [3.8, 4) is 0 Å². The number of rotatable bonds is 12. The molecule has 1 aliphatic rings. The van der Waals surface area contributed by atoms with Crippen molar-refractivity contribution in [1.29, 1.82) is 0 Å². The van der Waals surface area contributed by atoms with E-state index in [-0.39, 0.29) is 23.7 Å². The van der Waals surface area contributed by atoms with Gasteiger partial charge in [-0.2, -0.15) is 0 Å². The van der Waals surface area contributed by atoms with Crippen LogP contribution in [0.2, 0.25) is 0 Å². The Bertz CT molecular complexity index is 395. The fraction of sp³-hybridized carbons (Fsp3) is 0.765. The van der Waals surface area contributed by atoms with Crippen LogP contribution in [0.5, 0.6) is 0 Å². The maximum atomic E-state index is 12.1. The molecule has 0 radical (unpaired) electrons. The van der Waals surface area contributed by atoms with Gasteiger partial charge in [0.2, 0.25) is 5.91 Å². The summed E-state index contributed by atoms with van der Waals surface area (Å²) in [5, 5.41) is 0. The molecule has 0 heterocycles. The predicted octanol–water partition coefficient (Wildman–Crippen LogP) is 3.91. The molecular weight excluding hydrogens is 393 g/mol. The van der Waals surface area contributed by atoms with Crippen molar-refractivity contribution in [2.24, 2.45) is 11.7 Å². The Morgan fingerprint density at radius 1 is 1.23 bits per heavy atom. The number of carbonyl (C=O) groups is 2. The van der Waals surface area contributed by atoms with Crippen LogP contribution in [-0.4, -0.2) is 24.4 Å². The standard InChI is InChI=1S/C17H28INO3/c1-2-3-4-6-9-13-15(20)12-14(18)17(13)22-11-8-5-7-10-16(19)21/h12-13,17H,2-11H2,1H3,(H2,19,21)/t13-,17+/m0/s1. The summed E-state index contributed by atoms with van der Waals surface area (Å²) in [6, 6.07) is 0. The Morgan fingerprint density at radius 3 is 2.64 bits per heavy atom. The summed E-state index contributed by atoms with van der Waals surface area (Å²) < 4.78 is 6.98. The van der Waals surface area contributed by atoms with E-state index >= 15 is 0 Å². The van der Waals surface area contributed by atoms with Crippen LogP contribution in [0, 0.1) is 5.92 Å². The summed E-state index contributed by atoms with van der Waals surface area (Å²) in [5.41, 5.74) is 5.11. The number of halogens is 1. The topological polar surface area (TPSA) is 69.4 Å². The molecule has 4 nitrogen and oxygen atoms in total. The minimum atomic E-state index is -0.244. The zero-order chi connectivity index (χ0) is 16.4.